The molecule has 34 heavy (non-hydrogen) atoms. The van der Waals surface area contributed by atoms with Crippen molar-refractivity contribution in [3.05, 3.63) is 130 Å². The highest BCUT2D eigenvalue weighted by molar-refractivity contribution is 6.11. The third kappa shape index (κ3) is 5.32. The zero-order chi connectivity index (χ0) is 24.3. The Balaban J connectivity index is 1.43. The maximum absolute atomic E-state index is 12.9. The summed E-state index contributed by atoms with van der Waals surface area (Å²) in [7, 11) is 0. The van der Waals surface area contributed by atoms with Crippen LogP contribution in [0.15, 0.2) is 97.1 Å². The van der Waals surface area contributed by atoms with E-state index in [1.165, 1.54) is 5.56 Å². The largest absolute Gasteiger partial charge is 0.457 e. The van der Waals surface area contributed by atoms with E-state index in [1.54, 1.807) is 48.5 Å². The Labute approximate surface area is 201 Å². The van der Waals surface area contributed by atoms with Gasteiger partial charge in [0, 0.05) is 22.3 Å². The highest BCUT2D eigenvalue weighted by atomic mass is 16.5. The molecule has 4 aromatic rings. The first-order valence-electron chi connectivity index (χ1n) is 11.4. The van der Waals surface area contributed by atoms with Gasteiger partial charge in [-0.25, -0.2) is 0 Å². The standard InChI is InChI=1S/C31H28O3/c1-21-5-7-22(8-6-21)29(32)23-9-11-24(12-10-23)30(33)25-13-17-27(18-14-25)34-28-19-15-26(16-20-28)31(2,3)4/h5-20H,1-4H3. The molecule has 0 fully saturated rings. The van der Waals surface area contributed by atoms with Gasteiger partial charge < -0.3 is 4.74 Å². The van der Waals surface area contributed by atoms with Crippen LogP contribution < -0.4 is 4.74 Å². The summed E-state index contributed by atoms with van der Waals surface area (Å²) in [6.45, 7) is 8.51. The Morgan fingerprint density at radius 2 is 0.853 bits per heavy atom. The van der Waals surface area contributed by atoms with Gasteiger partial charge in [-0.2, -0.15) is 0 Å². The zero-order valence-corrected chi connectivity index (χ0v) is 20.0. The first kappa shape index (κ1) is 23.2. The average molecular weight is 449 g/mol. The predicted octanol–water partition coefficient (Wildman–Crippen LogP) is 7.55. The predicted molar refractivity (Wildman–Crippen MR) is 136 cm³/mol. The van der Waals surface area contributed by atoms with Crippen LogP contribution >= 0.6 is 0 Å². The van der Waals surface area contributed by atoms with Crippen LogP contribution in [0.25, 0.3) is 0 Å². The fraction of sp³-hybridized carbons (Fsp3) is 0.161. The van der Waals surface area contributed by atoms with Crippen molar-refractivity contribution in [1.82, 2.24) is 0 Å². The maximum Gasteiger partial charge on any atom is 0.193 e. The van der Waals surface area contributed by atoms with Crippen molar-refractivity contribution in [2.75, 3.05) is 0 Å². The summed E-state index contributed by atoms with van der Waals surface area (Å²) in [5.41, 5.74) is 4.72. The summed E-state index contributed by atoms with van der Waals surface area (Å²) in [5, 5.41) is 0. The van der Waals surface area contributed by atoms with Crippen LogP contribution in [0.1, 0.15) is 63.7 Å². The number of aryl methyl sites for hydroxylation is 1. The Kier molecular flexibility index (Phi) is 6.47. The lowest BCUT2D eigenvalue weighted by atomic mass is 9.87. The Hall–Kier alpha value is -3.98. The van der Waals surface area contributed by atoms with Gasteiger partial charge in [0.2, 0.25) is 0 Å². The molecule has 0 bridgehead atoms. The number of hydrogen-bond acceptors (Lipinski definition) is 3. The van der Waals surface area contributed by atoms with Crippen LogP contribution in [0.2, 0.25) is 0 Å². The summed E-state index contributed by atoms with van der Waals surface area (Å²) in [5.74, 6) is 1.26. The number of ketones is 2. The average Bonchev–Trinajstić information content (AvgIpc) is 2.84. The van der Waals surface area contributed by atoms with Gasteiger partial charge in [0.05, 0.1) is 0 Å². The summed E-state index contributed by atoms with van der Waals surface area (Å²) < 4.78 is 5.93. The molecule has 0 radical (unpaired) electrons. The molecule has 0 saturated carbocycles. The summed E-state index contributed by atoms with van der Waals surface area (Å²) in [4.78, 5) is 25.6. The SMILES string of the molecule is Cc1ccc(C(=O)c2ccc(C(=O)c3ccc(Oc4ccc(C(C)(C)C)cc4)cc3)cc2)cc1. The Morgan fingerprint density at radius 1 is 0.529 bits per heavy atom. The third-order valence-electron chi connectivity index (χ3n) is 5.80. The molecule has 4 rings (SSSR count). The number of carbonyl (C=O) groups excluding carboxylic acids is 2. The van der Waals surface area contributed by atoms with Gasteiger partial charge in [-0.05, 0) is 54.3 Å². The molecule has 0 spiro atoms. The molecule has 0 aliphatic heterocycles. The van der Waals surface area contributed by atoms with Gasteiger partial charge in [-0.3, -0.25) is 9.59 Å². The molecule has 0 aliphatic rings. The minimum absolute atomic E-state index is 0.0592. The number of benzene rings is 4. The molecule has 0 amide bonds. The van der Waals surface area contributed by atoms with E-state index in [4.69, 9.17) is 4.74 Å². The molecule has 3 heteroatoms. The summed E-state index contributed by atoms with van der Waals surface area (Å²) >= 11 is 0. The van der Waals surface area contributed by atoms with E-state index in [1.807, 2.05) is 43.3 Å². The van der Waals surface area contributed by atoms with Gasteiger partial charge >= 0.3 is 0 Å². The van der Waals surface area contributed by atoms with Crippen molar-refractivity contribution in [1.29, 1.82) is 0 Å². The number of carbonyl (C=O) groups is 2. The van der Waals surface area contributed by atoms with E-state index < -0.39 is 0 Å². The van der Waals surface area contributed by atoms with Crippen LogP contribution in [0.3, 0.4) is 0 Å². The van der Waals surface area contributed by atoms with E-state index in [0.717, 1.165) is 11.3 Å². The molecule has 0 unspecified atom stereocenters. The molecule has 0 N–H and O–H groups in total. The normalized spacial score (nSPS) is 11.2. The van der Waals surface area contributed by atoms with E-state index in [2.05, 4.69) is 32.9 Å². The van der Waals surface area contributed by atoms with Crippen LogP contribution in [-0.2, 0) is 5.41 Å². The second-order valence-corrected chi connectivity index (χ2v) is 9.50. The highest BCUT2D eigenvalue weighted by Gasteiger charge is 2.14. The maximum atomic E-state index is 12.9. The molecule has 0 atom stereocenters. The molecule has 170 valence electrons. The summed E-state index contributed by atoms with van der Waals surface area (Å²) in [6, 6.07) is 29.4. The Morgan fingerprint density at radius 3 is 1.24 bits per heavy atom. The lowest BCUT2D eigenvalue weighted by Gasteiger charge is -2.19. The van der Waals surface area contributed by atoms with E-state index >= 15 is 0 Å². The van der Waals surface area contributed by atoms with Crippen LogP contribution in [0, 0.1) is 6.92 Å². The third-order valence-corrected chi connectivity index (χ3v) is 5.80. The van der Waals surface area contributed by atoms with E-state index in [0.29, 0.717) is 28.0 Å². The van der Waals surface area contributed by atoms with Crippen molar-refractivity contribution in [2.24, 2.45) is 0 Å². The molecular formula is C31H28O3. The second-order valence-electron chi connectivity index (χ2n) is 9.50. The van der Waals surface area contributed by atoms with Crippen LogP contribution in [0.4, 0.5) is 0 Å². The monoisotopic (exact) mass is 448 g/mol. The molecule has 0 aromatic heterocycles. The lowest BCUT2D eigenvalue weighted by molar-refractivity contribution is 0.102. The zero-order valence-electron chi connectivity index (χ0n) is 20.0. The number of hydrogen-bond donors (Lipinski definition) is 0. The van der Waals surface area contributed by atoms with Gasteiger partial charge in [0.25, 0.3) is 0 Å². The van der Waals surface area contributed by atoms with Crippen molar-refractivity contribution in [3.63, 3.8) is 0 Å². The molecule has 4 aromatic carbocycles. The lowest BCUT2D eigenvalue weighted by Crippen LogP contribution is -2.10. The molecular weight excluding hydrogens is 420 g/mol. The quantitative estimate of drug-likeness (QED) is 0.286. The molecule has 3 nitrogen and oxygen atoms in total. The topological polar surface area (TPSA) is 43.4 Å². The number of rotatable bonds is 6. The van der Waals surface area contributed by atoms with Crippen molar-refractivity contribution in [3.8, 4) is 11.5 Å². The molecule has 0 heterocycles. The molecule has 0 aliphatic carbocycles. The van der Waals surface area contributed by atoms with Crippen LogP contribution in [0.5, 0.6) is 11.5 Å². The first-order valence-corrected chi connectivity index (χ1v) is 11.4. The van der Waals surface area contributed by atoms with Crippen LogP contribution in [-0.4, -0.2) is 11.6 Å². The van der Waals surface area contributed by atoms with E-state index in [-0.39, 0.29) is 17.0 Å². The van der Waals surface area contributed by atoms with E-state index in [9.17, 15) is 9.59 Å². The fourth-order valence-corrected chi connectivity index (χ4v) is 3.64. The minimum atomic E-state index is -0.101. The van der Waals surface area contributed by atoms with Crippen molar-refractivity contribution >= 4 is 11.6 Å². The minimum Gasteiger partial charge on any atom is -0.457 e. The smallest absolute Gasteiger partial charge is 0.193 e. The first-order chi connectivity index (χ1) is 16.2. The fourth-order valence-electron chi connectivity index (χ4n) is 3.64. The summed E-state index contributed by atoms with van der Waals surface area (Å²) in [6.07, 6.45) is 0. The van der Waals surface area contributed by atoms with Crippen molar-refractivity contribution < 1.29 is 14.3 Å². The molecule has 0 saturated heterocycles. The van der Waals surface area contributed by atoms with Gasteiger partial charge in [-0.15, -0.1) is 0 Å². The van der Waals surface area contributed by atoms with Gasteiger partial charge in [0.15, 0.2) is 11.6 Å². The highest BCUT2D eigenvalue weighted by Crippen LogP contribution is 2.27. The number of ether oxygens (including phenoxy) is 1. The second kappa shape index (κ2) is 9.48. The van der Waals surface area contributed by atoms with Gasteiger partial charge in [-0.1, -0.05) is 87.0 Å². The van der Waals surface area contributed by atoms with Gasteiger partial charge in [0.1, 0.15) is 11.5 Å². The van der Waals surface area contributed by atoms with Crippen molar-refractivity contribution in [2.45, 2.75) is 33.1 Å². The Bertz CT molecular complexity index is 1290.